The summed E-state index contributed by atoms with van der Waals surface area (Å²) in [6.45, 7) is -0.369. The van der Waals surface area contributed by atoms with Crippen molar-refractivity contribution in [1.29, 1.82) is 0 Å². The zero-order valence-electron chi connectivity index (χ0n) is 7.91. The molecule has 71 valence electrons. The number of benzene rings is 1. The number of hydrogen-bond acceptors (Lipinski definition) is 0. The van der Waals surface area contributed by atoms with E-state index in [9.17, 15) is 4.39 Å². The fourth-order valence-electron chi connectivity index (χ4n) is 1.77. The molecule has 0 N–H and O–H groups in total. The highest BCUT2D eigenvalue weighted by molar-refractivity contribution is 5.62. The van der Waals surface area contributed by atoms with Gasteiger partial charge >= 0.3 is 0 Å². The Kier molecular flexibility index (Phi) is 2.78. The normalized spacial score (nSPS) is 19.1. The highest BCUT2D eigenvalue weighted by Crippen LogP contribution is 2.32. The molecule has 1 aliphatic carbocycles. The highest BCUT2D eigenvalue weighted by Gasteiger charge is 2.14. The summed E-state index contributed by atoms with van der Waals surface area (Å²) in [5.41, 5.74) is 2.57. The van der Waals surface area contributed by atoms with Gasteiger partial charge in [0.1, 0.15) is 6.67 Å². The lowest BCUT2D eigenvalue weighted by Gasteiger charge is -2.06. The van der Waals surface area contributed by atoms with Crippen molar-refractivity contribution < 1.29 is 4.39 Å². The molecule has 0 nitrogen and oxygen atoms in total. The van der Waals surface area contributed by atoms with Gasteiger partial charge in [-0.3, -0.25) is 0 Å². The molecule has 0 bridgehead atoms. The van der Waals surface area contributed by atoms with Crippen molar-refractivity contribution in [2.45, 2.75) is 12.3 Å². The number of hydrogen-bond donors (Lipinski definition) is 0. The first-order valence-corrected chi connectivity index (χ1v) is 4.81. The molecule has 0 amide bonds. The maximum Gasteiger partial charge on any atom is 0.108 e. The molecular formula is C13H12F. The van der Waals surface area contributed by atoms with Gasteiger partial charge in [0.2, 0.25) is 0 Å². The number of fused-ring (bicyclic) bond motifs is 1. The first kappa shape index (κ1) is 9.20. The van der Waals surface area contributed by atoms with Gasteiger partial charge in [-0.25, -0.2) is 4.39 Å². The van der Waals surface area contributed by atoms with Crippen LogP contribution in [0.1, 0.15) is 23.5 Å². The third-order valence-electron chi connectivity index (χ3n) is 2.48. The van der Waals surface area contributed by atoms with Crippen LogP contribution in [-0.2, 0) is 0 Å². The molecular weight excluding hydrogens is 175 g/mol. The molecule has 1 aliphatic rings. The number of allylic oxidation sites excluding steroid dienone is 3. The minimum Gasteiger partial charge on any atom is -0.247 e. The summed E-state index contributed by atoms with van der Waals surface area (Å²) in [4.78, 5) is 0. The van der Waals surface area contributed by atoms with Crippen LogP contribution in [-0.4, -0.2) is 6.67 Å². The van der Waals surface area contributed by atoms with Crippen LogP contribution >= 0.6 is 0 Å². The van der Waals surface area contributed by atoms with Gasteiger partial charge in [0.25, 0.3) is 0 Å². The van der Waals surface area contributed by atoms with E-state index in [0.29, 0.717) is 5.92 Å². The summed E-state index contributed by atoms with van der Waals surface area (Å²) in [7, 11) is 0. The first-order valence-electron chi connectivity index (χ1n) is 4.81. The van der Waals surface area contributed by atoms with E-state index in [-0.39, 0.29) is 6.67 Å². The van der Waals surface area contributed by atoms with Crippen LogP contribution in [0.15, 0.2) is 36.4 Å². The van der Waals surface area contributed by atoms with Crippen LogP contribution in [0.3, 0.4) is 0 Å². The summed E-state index contributed by atoms with van der Waals surface area (Å²) >= 11 is 0. The maximum atomic E-state index is 11.9. The van der Waals surface area contributed by atoms with Gasteiger partial charge in [-0.2, -0.15) is 0 Å². The third kappa shape index (κ3) is 1.77. The second kappa shape index (κ2) is 4.23. The van der Waals surface area contributed by atoms with Crippen molar-refractivity contribution in [3.8, 4) is 0 Å². The van der Waals surface area contributed by atoms with Gasteiger partial charge in [-0.1, -0.05) is 36.4 Å². The lowest BCUT2D eigenvalue weighted by atomic mass is 9.97. The van der Waals surface area contributed by atoms with E-state index in [2.05, 4.69) is 24.3 Å². The monoisotopic (exact) mass is 187 g/mol. The van der Waals surface area contributed by atoms with Crippen LogP contribution in [0, 0.1) is 6.07 Å². The standard InChI is InChI=1S/C13H12F/c14-10-4-3-6-12-9-8-11-5-1-2-7-13(11)12/h2-5,7-9,12H,6,10H2/b4-3+. The van der Waals surface area contributed by atoms with Crippen molar-refractivity contribution in [3.63, 3.8) is 0 Å². The molecule has 0 aromatic heterocycles. The van der Waals surface area contributed by atoms with Crippen LogP contribution < -0.4 is 0 Å². The first-order chi connectivity index (χ1) is 6.92. The fourth-order valence-corrected chi connectivity index (χ4v) is 1.77. The smallest absolute Gasteiger partial charge is 0.108 e. The predicted octanol–water partition coefficient (Wildman–Crippen LogP) is 3.51. The van der Waals surface area contributed by atoms with E-state index < -0.39 is 0 Å². The van der Waals surface area contributed by atoms with Crippen molar-refractivity contribution in [1.82, 2.24) is 0 Å². The molecule has 0 heterocycles. The third-order valence-corrected chi connectivity index (χ3v) is 2.48. The topological polar surface area (TPSA) is 0 Å². The fraction of sp³-hybridized carbons (Fsp3) is 0.231. The second-order valence-electron chi connectivity index (χ2n) is 3.38. The molecule has 1 atom stereocenters. The number of rotatable bonds is 3. The summed E-state index contributed by atoms with van der Waals surface area (Å²) in [6.07, 6.45) is 8.64. The zero-order valence-corrected chi connectivity index (χ0v) is 7.91. The average molecular weight is 187 g/mol. The second-order valence-corrected chi connectivity index (χ2v) is 3.38. The summed E-state index contributed by atoms with van der Waals surface area (Å²) in [6, 6.07) is 9.06. The molecule has 1 radical (unpaired) electrons. The Balaban J connectivity index is 2.11. The molecule has 1 aromatic carbocycles. The van der Waals surface area contributed by atoms with E-state index in [4.69, 9.17) is 0 Å². The van der Waals surface area contributed by atoms with Crippen molar-refractivity contribution >= 4 is 6.08 Å². The molecule has 2 rings (SSSR count). The van der Waals surface area contributed by atoms with E-state index in [0.717, 1.165) is 6.42 Å². The van der Waals surface area contributed by atoms with E-state index in [1.165, 1.54) is 11.1 Å². The molecule has 0 aliphatic heterocycles. The Labute approximate surface area is 83.8 Å². The van der Waals surface area contributed by atoms with Crippen LogP contribution in [0.25, 0.3) is 6.08 Å². The molecule has 0 saturated carbocycles. The lowest BCUT2D eigenvalue weighted by Crippen LogP contribution is -1.90. The van der Waals surface area contributed by atoms with E-state index >= 15 is 0 Å². The van der Waals surface area contributed by atoms with Gasteiger partial charge in [0, 0.05) is 5.92 Å². The van der Waals surface area contributed by atoms with E-state index in [1.807, 2.05) is 18.2 Å². The molecule has 1 unspecified atom stereocenters. The summed E-state index contributed by atoms with van der Waals surface area (Å²) in [5.74, 6) is 0.419. The molecule has 0 spiro atoms. The molecule has 1 heteroatoms. The average Bonchev–Trinajstić information content (AvgIpc) is 2.63. The SMILES string of the molecule is FC/C=C/CC1C=Cc2c[c]ccc21. The number of alkyl halides is 1. The lowest BCUT2D eigenvalue weighted by molar-refractivity contribution is 0.560. The van der Waals surface area contributed by atoms with Gasteiger partial charge in [-0.05, 0) is 29.7 Å². The zero-order chi connectivity index (χ0) is 9.80. The highest BCUT2D eigenvalue weighted by atomic mass is 19.1. The summed E-state index contributed by atoms with van der Waals surface area (Å²) < 4.78 is 11.9. The Hall–Kier alpha value is -1.37. The molecule has 14 heavy (non-hydrogen) atoms. The number of halogens is 1. The van der Waals surface area contributed by atoms with Crippen molar-refractivity contribution in [3.05, 3.63) is 53.6 Å². The van der Waals surface area contributed by atoms with Crippen molar-refractivity contribution in [2.24, 2.45) is 0 Å². The van der Waals surface area contributed by atoms with Crippen molar-refractivity contribution in [2.75, 3.05) is 6.67 Å². The van der Waals surface area contributed by atoms with Crippen LogP contribution in [0.5, 0.6) is 0 Å². The van der Waals surface area contributed by atoms with Crippen LogP contribution in [0.4, 0.5) is 4.39 Å². The molecule has 1 aromatic rings. The van der Waals surface area contributed by atoms with Crippen LogP contribution in [0.2, 0.25) is 0 Å². The van der Waals surface area contributed by atoms with Gasteiger partial charge in [0.05, 0.1) is 0 Å². The predicted molar refractivity (Wildman–Crippen MR) is 56.8 cm³/mol. The quantitative estimate of drug-likeness (QED) is 0.635. The molecule has 0 fully saturated rings. The largest absolute Gasteiger partial charge is 0.247 e. The Morgan fingerprint density at radius 3 is 3.21 bits per heavy atom. The van der Waals surface area contributed by atoms with Gasteiger partial charge in [0.15, 0.2) is 0 Å². The van der Waals surface area contributed by atoms with Gasteiger partial charge < -0.3 is 0 Å². The van der Waals surface area contributed by atoms with Gasteiger partial charge in [-0.15, -0.1) is 0 Å². The Bertz CT molecular complexity index is 363. The molecule has 0 saturated heterocycles. The Morgan fingerprint density at radius 2 is 2.36 bits per heavy atom. The minimum absolute atomic E-state index is 0.369. The minimum atomic E-state index is -0.369. The summed E-state index contributed by atoms with van der Waals surface area (Å²) in [5, 5.41) is 0. The Morgan fingerprint density at radius 1 is 1.43 bits per heavy atom. The maximum absolute atomic E-state index is 11.9. The van der Waals surface area contributed by atoms with E-state index in [1.54, 1.807) is 6.08 Å².